The molecule has 0 aliphatic rings. The van der Waals surface area contributed by atoms with Crippen LogP contribution in [0.25, 0.3) is 0 Å². The molecular formula is C7H7BrMgO3. The van der Waals surface area contributed by atoms with Gasteiger partial charge in [-0.2, -0.15) is 6.07 Å². The molecule has 12 heavy (non-hydrogen) atoms. The summed E-state index contributed by atoms with van der Waals surface area (Å²) in [6.07, 6.45) is 1.31. The SMILES string of the molecule is CCOC(=O)c1c[c-]co1.[Br-].[Mg+2]. The summed E-state index contributed by atoms with van der Waals surface area (Å²) >= 11 is 0. The van der Waals surface area contributed by atoms with Crippen molar-refractivity contribution >= 4 is 29.0 Å². The first kappa shape index (κ1) is 14.5. The van der Waals surface area contributed by atoms with E-state index in [-0.39, 0.29) is 45.8 Å². The molecule has 0 fully saturated rings. The first-order valence-corrected chi connectivity index (χ1v) is 2.96. The Morgan fingerprint density at radius 3 is 2.83 bits per heavy atom. The van der Waals surface area contributed by atoms with Crippen molar-refractivity contribution in [2.75, 3.05) is 6.61 Å². The molecular weight excluding hydrogens is 236 g/mol. The third-order valence-electron chi connectivity index (χ3n) is 0.945. The molecule has 62 valence electrons. The summed E-state index contributed by atoms with van der Waals surface area (Å²) in [4.78, 5) is 10.8. The molecule has 1 aromatic heterocycles. The van der Waals surface area contributed by atoms with E-state index in [2.05, 4.69) is 10.8 Å². The van der Waals surface area contributed by atoms with Gasteiger partial charge in [-0.05, 0) is 13.2 Å². The van der Waals surface area contributed by atoms with Gasteiger partial charge in [0, 0.05) is 0 Å². The number of carbonyl (C=O) groups excluding carboxylic acids is 1. The van der Waals surface area contributed by atoms with Crippen molar-refractivity contribution in [3.8, 4) is 0 Å². The molecule has 0 spiro atoms. The Hall–Kier alpha value is -0.00377. The second kappa shape index (κ2) is 7.64. The second-order valence-electron chi connectivity index (χ2n) is 1.63. The van der Waals surface area contributed by atoms with Crippen LogP contribution in [0.5, 0.6) is 0 Å². The molecule has 0 aromatic carbocycles. The Bertz CT molecular complexity index is 210. The fraction of sp³-hybridized carbons (Fsp3) is 0.286. The number of rotatable bonds is 2. The maximum absolute atomic E-state index is 10.8. The van der Waals surface area contributed by atoms with Crippen LogP contribution in [0.3, 0.4) is 0 Å². The molecule has 0 radical (unpaired) electrons. The van der Waals surface area contributed by atoms with Crippen LogP contribution in [0.15, 0.2) is 16.7 Å². The van der Waals surface area contributed by atoms with Crippen molar-refractivity contribution in [1.29, 1.82) is 0 Å². The minimum Gasteiger partial charge on any atom is -1.00 e. The van der Waals surface area contributed by atoms with Crippen molar-refractivity contribution < 1.29 is 30.9 Å². The number of furan rings is 1. The molecule has 0 bridgehead atoms. The van der Waals surface area contributed by atoms with E-state index in [0.717, 1.165) is 0 Å². The van der Waals surface area contributed by atoms with Crippen molar-refractivity contribution in [2.45, 2.75) is 6.92 Å². The van der Waals surface area contributed by atoms with E-state index in [1.165, 1.54) is 12.3 Å². The third kappa shape index (κ3) is 4.13. The number of carbonyl (C=O) groups is 1. The number of hydrogen-bond donors (Lipinski definition) is 0. The van der Waals surface area contributed by atoms with Crippen LogP contribution in [0.2, 0.25) is 0 Å². The maximum atomic E-state index is 10.8. The minimum atomic E-state index is -0.441. The van der Waals surface area contributed by atoms with Gasteiger partial charge in [-0.25, -0.2) is 6.07 Å². The number of esters is 1. The van der Waals surface area contributed by atoms with Gasteiger partial charge in [0.15, 0.2) is 0 Å². The Balaban J connectivity index is 0. The molecule has 0 amide bonds. The third-order valence-corrected chi connectivity index (χ3v) is 0.945. The molecule has 3 nitrogen and oxygen atoms in total. The van der Waals surface area contributed by atoms with Crippen LogP contribution in [-0.2, 0) is 4.74 Å². The van der Waals surface area contributed by atoms with Gasteiger partial charge in [0.05, 0.1) is 12.4 Å². The van der Waals surface area contributed by atoms with E-state index in [4.69, 9.17) is 4.42 Å². The first-order chi connectivity index (χ1) is 4.84. The summed E-state index contributed by atoms with van der Waals surface area (Å²) in [7, 11) is 0. The van der Waals surface area contributed by atoms with Crippen LogP contribution >= 0.6 is 0 Å². The smallest absolute Gasteiger partial charge is 1.00 e. The summed E-state index contributed by atoms with van der Waals surface area (Å²) in [5.74, 6) is -0.245. The summed E-state index contributed by atoms with van der Waals surface area (Å²) in [6.45, 7) is 2.10. The Kier molecular flexibility index (Phi) is 9.24. The maximum Gasteiger partial charge on any atom is 2.00 e. The molecule has 0 aliphatic heterocycles. The predicted octanol–water partition coefficient (Wildman–Crippen LogP) is -2.12. The van der Waals surface area contributed by atoms with Gasteiger partial charge < -0.3 is 26.1 Å². The number of hydrogen-bond acceptors (Lipinski definition) is 3. The van der Waals surface area contributed by atoms with Crippen LogP contribution in [0, 0.1) is 6.07 Å². The van der Waals surface area contributed by atoms with Gasteiger partial charge in [-0.3, -0.25) is 4.79 Å². The molecule has 0 saturated carbocycles. The van der Waals surface area contributed by atoms with Crippen molar-refractivity contribution in [3.63, 3.8) is 0 Å². The summed E-state index contributed by atoms with van der Waals surface area (Å²) < 4.78 is 9.35. The van der Waals surface area contributed by atoms with Crippen LogP contribution < -0.4 is 17.0 Å². The molecule has 1 aromatic rings. The second-order valence-corrected chi connectivity index (χ2v) is 1.63. The largest absolute Gasteiger partial charge is 2.00 e. The average molecular weight is 243 g/mol. The van der Waals surface area contributed by atoms with Gasteiger partial charge in [-0.1, -0.05) is 0 Å². The van der Waals surface area contributed by atoms with E-state index >= 15 is 0 Å². The van der Waals surface area contributed by atoms with E-state index in [9.17, 15) is 4.79 Å². The Morgan fingerprint density at radius 2 is 2.42 bits per heavy atom. The van der Waals surface area contributed by atoms with Crippen LogP contribution in [0.1, 0.15) is 17.5 Å². The summed E-state index contributed by atoms with van der Waals surface area (Å²) in [6, 6.07) is 4.04. The van der Waals surface area contributed by atoms with E-state index in [1.807, 2.05) is 0 Å². The van der Waals surface area contributed by atoms with Crippen molar-refractivity contribution in [2.24, 2.45) is 0 Å². The summed E-state index contributed by atoms with van der Waals surface area (Å²) in [5, 5.41) is 0. The number of ether oxygens (including phenoxy) is 1. The zero-order valence-electron chi connectivity index (χ0n) is 6.67. The van der Waals surface area contributed by atoms with E-state index in [0.29, 0.717) is 6.61 Å². The van der Waals surface area contributed by atoms with Crippen LogP contribution in [-0.4, -0.2) is 35.6 Å². The zero-order chi connectivity index (χ0) is 7.40. The fourth-order valence-electron chi connectivity index (χ4n) is 0.550. The molecule has 0 unspecified atom stereocenters. The molecule has 1 heterocycles. The van der Waals surface area contributed by atoms with Crippen LogP contribution in [0.4, 0.5) is 0 Å². The average Bonchev–Trinajstić information content (AvgIpc) is 2.38. The monoisotopic (exact) mass is 242 g/mol. The fourth-order valence-corrected chi connectivity index (χ4v) is 0.550. The molecule has 0 aliphatic carbocycles. The van der Waals surface area contributed by atoms with Gasteiger partial charge in [0.2, 0.25) is 0 Å². The Labute approximate surface area is 97.4 Å². The predicted molar refractivity (Wildman–Crippen MR) is 39.3 cm³/mol. The van der Waals surface area contributed by atoms with Gasteiger partial charge in [-0.15, -0.1) is 0 Å². The zero-order valence-corrected chi connectivity index (χ0v) is 9.67. The van der Waals surface area contributed by atoms with E-state index in [1.54, 1.807) is 6.92 Å². The standard InChI is InChI=1S/C7H7O3.BrH.Mg/c1-2-9-7(8)6-4-3-5-10-6;;/h4-5H,2H2,1H3;1H;/q-1;;+2/p-1. The summed E-state index contributed by atoms with van der Waals surface area (Å²) in [5.41, 5.74) is 0. The van der Waals surface area contributed by atoms with E-state index < -0.39 is 5.97 Å². The van der Waals surface area contributed by atoms with Gasteiger partial charge in [0.25, 0.3) is 5.97 Å². The molecule has 0 N–H and O–H groups in total. The van der Waals surface area contributed by atoms with Gasteiger partial charge >= 0.3 is 23.1 Å². The minimum absolute atomic E-state index is 0. The molecule has 0 saturated heterocycles. The van der Waals surface area contributed by atoms with Crippen molar-refractivity contribution in [3.05, 3.63) is 24.2 Å². The topological polar surface area (TPSA) is 39.4 Å². The molecule has 5 heteroatoms. The molecule has 0 atom stereocenters. The van der Waals surface area contributed by atoms with Crippen molar-refractivity contribution in [1.82, 2.24) is 0 Å². The first-order valence-electron chi connectivity index (χ1n) is 2.96. The van der Waals surface area contributed by atoms with Gasteiger partial charge in [0.1, 0.15) is 0 Å². The molecule has 1 rings (SSSR count). The number of halogens is 1. The normalized spacial score (nSPS) is 7.75. The quantitative estimate of drug-likeness (QED) is 0.339. The Morgan fingerprint density at radius 1 is 1.75 bits per heavy atom.